The first-order chi connectivity index (χ1) is 9.74. The van der Waals surface area contributed by atoms with Crippen LogP contribution in [0.25, 0.3) is 0 Å². The van der Waals surface area contributed by atoms with E-state index in [1.165, 1.54) is 12.0 Å². The fourth-order valence-electron chi connectivity index (χ4n) is 2.39. The molecular weight excluding hydrogens is 268 g/mol. The van der Waals surface area contributed by atoms with E-state index >= 15 is 0 Å². The maximum Gasteiger partial charge on any atom is 0.166 e. The summed E-state index contributed by atoms with van der Waals surface area (Å²) in [6.45, 7) is 3.88. The van der Waals surface area contributed by atoms with E-state index in [1.807, 2.05) is 0 Å². The van der Waals surface area contributed by atoms with E-state index in [0.717, 1.165) is 37.5 Å². The minimum atomic E-state index is 0.328. The number of nitrogens with one attached hydrogen (secondary N) is 2. The van der Waals surface area contributed by atoms with Crippen LogP contribution in [0.15, 0.2) is 30.3 Å². The van der Waals surface area contributed by atoms with Gasteiger partial charge in [0.1, 0.15) is 0 Å². The van der Waals surface area contributed by atoms with Gasteiger partial charge in [-0.25, -0.2) is 0 Å². The summed E-state index contributed by atoms with van der Waals surface area (Å²) in [4.78, 5) is 0. The summed E-state index contributed by atoms with van der Waals surface area (Å²) in [6.07, 6.45) is 4.78. The van der Waals surface area contributed by atoms with Gasteiger partial charge < -0.3 is 15.4 Å². The maximum atomic E-state index is 5.56. The van der Waals surface area contributed by atoms with Gasteiger partial charge in [-0.05, 0) is 50.4 Å². The molecule has 3 nitrogen and oxygen atoms in total. The van der Waals surface area contributed by atoms with Gasteiger partial charge in [0, 0.05) is 19.2 Å². The summed E-state index contributed by atoms with van der Waals surface area (Å²) in [5.41, 5.74) is 1.37. The van der Waals surface area contributed by atoms with Crippen LogP contribution in [0.1, 0.15) is 31.7 Å². The van der Waals surface area contributed by atoms with Crippen LogP contribution in [0.3, 0.4) is 0 Å². The summed E-state index contributed by atoms with van der Waals surface area (Å²) in [7, 11) is 0. The maximum absolute atomic E-state index is 5.56. The molecule has 1 saturated heterocycles. The lowest BCUT2D eigenvalue weighted by molar-refractivity contribution is 0.114. The number of benzene rings is 1. The second-order valence-corrected chi connectivity index (χ2v) is 5.82. The van der Waals surface area contributed by atoms with Crippen molar-refractivity contribution < 1.29 is 4.74 Å². The van der Waals surface area contributed by atoms with Crippen LogP contribution in [0, 0.1) is 0 Å². The Bertz CT molecular complexity index is 404. The Morgan fingerprint density at radius 3 is 2.90 bits per heavy atom. The Hall–Kier alpha value is -1.13. The van der Waals surface area contributed by atoms with E-state index in [1.54, 1.807) is 0 Å². The van der Waals surface area contributed by atoms with Crippen molar-refractivity contribution in [2.75, 3.05) is 13.2 Å². The van der Waals surface area contributed by atoms with Gasteiger partial charge in [0.2, 0.25) is 0 Å². The highest BCUT2D eigenvalue weighted by Crippen LogP contribution is 2.10. The van der Waals surface area contributed by atoms with E-state index in [2.05, 4.69) is 47.9 Å². The molecule has 1 fully saturated rings. The number of aryl methyl sites for hydroxylation is 1. The zero-order valence-electron chi connectivity index (χ0n) is 12.1. The third-order valence-corrected chi connectivity index (χ3v) is 3.86. The molecule has 0 radical (unpaired) electrons. The van der Waals surface area contributed by atoms with Gasteiger partial charge >= 0.3 is 0 Å². The smallest absolute Gasteiger partial charge is 0.166 e. The van der Waals surface area contributed by atoms with E-state index in [0.29, 0.717) is 12.1 Å². The van der Waals surface area contributed by atoms with E-state index < -0.39 is 0 Å². The van der Waals surface area contributed by atoms with E-state index in [9.17, 15) is 0 Å². The van der Waals surface area contributed by atoms with Crippen LogP contribution in [0.5, 0.6) is 0 Å². The lowest BCUT2D eigenvalue weighted by atomic mass is 10.1. The molecule has 0 spiro atoms. The van der Waals surface area contributed by atoms with Crippen LogP contribution in [-0.2, 0) is 11.2 Å². The Kier molecular flexibility index (Phi) is 6.27. The Labute approximate surface area is 127 Å². The summed E-state index contributed by atoms with van der Waals surface area (Å²) >= 11 is 5.32. The molecule has 4 heteroatoms. The molecule has 1 aromatic carbocycles. The highest BCUT2D eigenvalue weighted by molar-refractivity contribution is 7.80. The van der Waals surface area contributed by atoms with Crippen molar-refractivity contribution in [1.82, 2.24) is 10.6 Å². The summed E-state index contributed by atoms with van der Waals surface area (Å²) in [5.74, 6) is 0. The molecule has 110 valence electrons. The van der Waals surface area contributed by atoms with Crippen LogP contribution in [-0.4, -0.2) is 30.4 Å². The first-order valence-electron chi connectivity index (χ1n) is 7.44. The zero-order valence-corrected chi connectivity index (χ0v) is 12.9. The van der Waals surface area contributed by atoms with E-state index in [-0.39, 0.29) is 0 Å². The summed E-state index contributed by atoms with van der Waals surface area (Å²) < 4.78 is 5.56. The highest BCUT2D eigenvalue weighted by atomic mass is 32.1. The van der Waals surface area contributed by atoms with Gasteiger partial charge in [0.05, 0.1) is 6.10 Å². The highest BCUT2D eigenvalue weighted by Gasteiger charge is 2.15. The molecule has 0 bridgehead atoms. The topological polar surface area (TPSA) is 33.3 Å². The molecule has 0 amide bonds. The van der Waals surface area contributed by atoms with Crippen LogP contribution >= 0.6 is 12.2 Å². The molecule has 1 aromatic rings. The molecule has 2 N–H and O–H groups in total. The lowest BCUT2D eigenvalue weighted by Gasteiger charge is -2.18. The SMILES string of the molecule is C[C@@H](CCc1ccccc1)NC(=S)NC[C@H]1CCCO1. The molecule has 2 rings (SSSR count). The standard InChI is InChI=1S/C16H24N2OS/c1-13(9-10-14-6-3-2-4-7-14)18-16(20)17-12-15-8-5-11-19-15/h2-4,6-7,13,15H,5,8-12H2,1H3,(H2,17,18,20)/t13-,15+/m0/s1. The molecule has 0 unspecified atom stereocenters. The molecular formula is C16H24N2OS. The van der Waals surface area contributed by atoms with Gasteiger partial charge in [-0.3, -0.25) is 0 Å². The van der Waals surface area contributed by atoms with Gasteiger partial charge in [-0.15, -0.1) is 0 Å². The van der Waals surface area contributed by atoms with Crippen molar-refractivity contribution in [3.8, 4) is 0 Å². The summed E-state index contributed by atoms with van der Waals surface area (Å²) in [5, 5.41) is 7.32. The van der Waals surface area contributed by atoms with Crippen molar-refractivity contribution in [3.63, 3.8) is 0 Å². The largest absolute Gasteiger partial charge is 0.376 e. The molecule has 2 atom stereocenters. The lowest BCUT2D eigenvalue weighted by Crippen LogP contribution is -2.43. The third kappa shape index (κ3) is 5.47. The number of hydrogen-bond acceptors (Lipinski definition) is 2. The minimum absolute atomic E-state index is 0.328. The van der Waals surface area contributed by atoms with Crippen molar-refractivity contribution in [2.45, 2.75) is 44.8 Å². The second-order valence-electron chi connectivity index (χ2n) is 5.41. The number of thiocarbonyl (C=S) groups is 1. The number of rotatable bonds is 6. The van der Waals surface area contributed by atoms with Crippen LogP contribution in [0.4, 0.5) is 0 Å². The molecule has 1 aliphatic rings. The fourth-order valence-corrected chi connectivity index (χ4v) is 2.67. The molecule has 0 aliphatic carbocycles. The quantitative estimate of drug-likeness (QED) is 0.790. The van der Waals surface area contributed by atoms with Gasteiger partial charge in [0.25, 0.3) is 0 Å². The minimum Gasteiger partial charge on any atom is -0.376 e. The van der Waals surface area contributed by atoms with Crippen LogP contribution < -0.4 is 10.6 Å². The predicted octanol–water partition coefficient (Wildman–Crippen LogP) is 2.65. The zero-order chi connectivity index (χ0) is 14.2. The van der Waals surface area contributed by atoms with Crippen molar-refractivity contribution in [2.24, 2.45) is 0 Å². The van der Waals surface area contributed by atoms with Crippen molar-refractivity contribution >= 4 is 17.3 Å². The second kappa shape index (κ2) is 8.22. The third-order valence-electron chi connectivity index (χ3n) is 3.60. The normalized spacial score (nSPS) is 19.6. The first kappa shape index (κ1) is 15.3. The Balaban J connectivity index is 1.60. The predicted molar refractivity (Wildman–Crippen MR) is 86.9 cm³/mol. The Morgan fingerprint density at radius 1 is 1.40 bits per heavy atom. The first-order valence-corrected chi connectivity index (χ1v) is 7.85. The molecule has 1 aliphatic heterocycles. The molecule has 0 saturated carbocycles. The molecule has 1 heterocycles. The molecule has 20 heavy (non-hydrogen) atoms. The average Bonchev–Trinajstić information content (AvgIpc) is 2.97. The molecule has 0 aromatic heterocycles. The monoisotopic (exact) mass is 292 g/mol. The Morgan fingerprint density at radius 2 is 2.20 bits per heavy atom. The van der Waals surface area contributed by atoms with Crippen molar-refractivity contribution in [1.29, 1.82) is 0 Å². The van der Waals surface area contributed by atoms with E-state index in [4.69, 9.17) is 17.0 Å². The number of hydrogen-bond donors (Lipinski definition) is 2. The average molecular weight is 292 g/mol. The van der Waals surface area contributed by atoms with Gasteiger partial charge in [0.15, 0.2) is 5.11 Å². The summed E-state index contributed by atoms with van der Waals surface area (Å²) in [6, 6.07) is 10.9. The number of ether oxygens (including phenoxy) is 1. The van der Waals surface area contributed by atoms with Crippen molar-refractivity contribution in [3.05, 3.63) is 35.9 Å². The van der Waals surface area contributed by atoms with Crippen LogP contribution in [0.2, 0.25) is 0 Å². The fraction of sp³-hybridized carbons (Fsp3) is 0.562. The van der Waals surface area contributed by atoms with Gasteiger partial charge in [-0.2, -0.15) is 0 Å². The van der Waals surface area contributed by atoms with Gasteiger partial charge in [-0.1, -0.05) is 30.3 Å².